The summed E-state index contributed by atoms with van der Waals surface area (Å²) in [5, 5.41) is 4.57. The van der Waals surface area contributed by atoms with Gasteiger partial charge in [0.15, 0.2) is 17.5 Å². The van der Waals surface area contributed by atoms with E-state index in [1.54, 1.807) is 0 Å². The van der Waals surface area contributed by atoms with Crippen molar-refractivity contribution in [2.24, 2.45) is 0 Å². The molecule has 9 aromatic rings. The van der Waals surface area contributed by atoms with Gasteiger partial charge in [0.2, 0.25) is 0 Å². The fraction of sp³-hybridized carbons (Fsp3) is 0. The lowest BCUT2D eigenvalue weighted by atomic mass is 9.93. The van der Waals surface area contributed by atoms with E-state index in [9.17, 15) is 0 Å². The van der Waals surface area contributed by atoms with Crippen LogP contribution < -0.4 is 0 Å². The van der Waals surface area contributed by atoms with Crippen molar-refractivity contribution in [2.45, 2.75) is 0 Å². The minimum atomic E-state index is 0.632. The first-order valence-corrected chi connectivity index (χ1v) is 15.7. The summed E-state index contributed by atoms with van der Waals surface area (Å²) in [5.74, 6) is 1.92. The lowest BCUT2D eigenvalue weighted by molar-refractivity contribution is 0.669. The van der Waals surface area contributed by atoms with Crippen LogP contribution in [0.4, 0.5) is 0 Å². The van der Waals surface area contributed by atoms with Gasteiger partial charge < -0.3 is 4.42 Å². The smallest absolute Gasteiger partial charge is 0.164 e. The van der Waals surface area contributed by atoms with Gasteiger partial charge in [0.25, 0.3) is 0 Å². The highest BCUT2D eigenvalue weighted by Crippen LogP contribution is 2.41. The molecule has 4 heteroatoms. The van der Waals surface area contributed by atoms with Crippen LogP contribution in [0.25, 0.3) is 89.1 Å². The van der Waals surface area contributed by atoms with Gasteiger partial charge in [-0.15, -0.1) is 0 Å². The number of furan rings is 1. The number of benzene rings is 7. The lowest BCUT2D eigenvalue weighted by Crippen LogP contribution is -2.00. The Kier molecular flexibility index (Phi) is 6.43. The average molecular weight is 602 g/mol. The van der Waals surface area contributed by atoms with Crippen molar-refractivity contribution in [3.8, 4) is 56.4 Å². The van der Waals surface area contributed by atoms with Crippen molar-refractivity contribution in [3.63, 3.8) is 0 Å². The lowest BCUT2D eigenvalue weighted by Gasteiger charge is -2.11. The Morgan fingerprint density at radius 1 is 0.340 bits per heavy atom. The number of nitrogens with zero attached hydrogens (tertiary/aromatic N) is 3. The van der Waals surface area contributed by atoms with E-state index in [4.69, 9.17) is 19.4 Å². The van der Waals surface area contributed by atoms with Crippen molar-refractivity contribution in [3.05, 3.63) is 164 Å². The Morgan fingerprint density at radius 3 is 1.38 bits per heavy atom. The van der Waals surface area contributed by atoms with Crippen LogP contribution in [0.15, 0.2) is 168 Å². The maximum Gasteiger partial charge on any atom is 0.164 e. The summed E-state index contributed by atoms with van der Waals surface area (Å²) in [4.78, 5) is 14.7. The molecular formula is C43H27N3O. The molecule has 0 fully saturated rings. The molecule has 220 valence electrons. The van der Waals surface area contributed by atoms with Crippen molar-refractivity contribution in [1.29, 1.82) is 0 Å². The summed E-state index contributed by atoms with van der Waals surface area (Å²) in [6.07, 6.45) is 0. The normalized spacial score (nSPS) is 11.4. The van der Waals surface area contributed by atoms with Crippen molar-refractivity contribution in [2.75, 3.05) is 0 Å². The molecule has 0 aliphatic rings. The molecule has 9 rings (SSSR count). The second-order valence-corrected chi connectivity index (χ2v) is 11.7. The maximum atomic E-state index is 6.56. The molecule has 0 saturated carbocycles. The summed E-state index contributed by atoms with van der Waals surface area (Å²) in [7, 11) is 0. The van der Waals surface area contributed by atoms with Gasteiger partial charge in [-0.1, -0.05) is 140 Å². The van der Waals surface area contributed by atoms with Gasteiger partial charge >= 0.3 is 0 Å². The summed E-state index contributed by atoms with van der Waals surface area (Å²) in [6.45, 7) is 0. The first kappa shape index (κ1) is 27.0. The molecule has 47 heavy (non-hydrogen) atoms. The van der Waals surface area contributed by atoms with E-state index in [2.05, 4.69) is 97.1 Å². The zero-order valence-electron chi connectivity index (χ0n) is 25.3. The molecule has 0 aliphatic carbocycles. The predicted octanol–water partition coefficient (Wildman–Crippen LogP) is 11.3. The molecule has 7 aromatic carbocycles. The van der Waals surface area contributed by atoms with E-state index in [0.717, 1.165) is 66.3 Å². The molecule has 2 heterocycles. The Morgan fingerprint density at radius 2 is 0.809 bits per heavy atom. The summed E-state index contributed by atoms with van der Waals surface area (Å²) < 4.78 is 6.56. The largest absolute Gasteiger partial charge is 0.456 e. The van der Waals surface area contributed by atoms with Crippen LogP contribution in [0.2, 0.25) is 0 Å². The Bertz CT molecular complexity index is 2480. The van der Waals surface area contributed by atoms with E-state index >= 15 is 0 Å². The minimum Gasteiger partial charge on any atom is -0.456 e. The van der Waals surface area contributed by atoms with Gasteiger partial charge in [0.05, 0.1) is 0 Å². The van der Waals surface area contributed by atoms with Crippen LogP contribution in [-0.4, -0.2) is 15.0 Å². The third-order valence-electron chi connectivity index (χ3n) is 8.70. The quantitative estimate of drug-likeness (QED) is 0.197. The standard InChI is InChI=1S/C43H27N3O/c1-4-12-28(13-5-1)35-25-36(40-37-24-33-18-10-11-19-34(33)26-38(37)47-39(40)27-35)29-20-22-32(23-21-29)43-45-41(30-14-6-2-7-15-30)44-42(46-43)31-16-8-3-9-17-31/h1-27H. The van der Waals surface area contributed by atoms with E-state index < -0.39 is 0 Å². The molecule has 0 unspecified atom stereocenters. The van der Waals surface area contributed by atoms with Crippen LogP contribution in [0, 0.1) is 0 Å². The van der Waals surface area contributed by atoms with Gasteiger partial charge in [-0.05, 0) is 57.3 Å². The average Bonchev–Trinajstić information content (AvgIpc) is 3.51. The Labute approximate surface area is 271 Å². The number of rotatable bonds is 5. The van der Waals surface area contributed by atoms with Crippen LogP contribution >= 0.6 is 0 Å². The molecule has 0 atom stereocenters. The monoisotopic (exact) mass is 601 g/mol. The van der Waals surface area contributed by atoms with Gasteiger partial charge in [0.1, 0.15) is 11.2 Å². The zero-order valence-corrected chi connectivity index (χ0v) is 25.3. The summed E-state index contributed by atoms with van der Waals surface area (Å²) in [6, 6.07) is 56.4. The third-order valence-corrected chi connectivity index (χ3v) is 8.70. The third kappa shape index (κ3) is 4.93. The van der Waals surface area contributed by atoms with E-state index in [-0.39, 0.29) is 0 Å². The molecule has 0 aliphatic heterocycles. The van der Waals surface area contributed by atoms with E-state index in [0.29, 0.717) is 17.5 Å². The molecule has 0 bridgehead atoms. The number of hydrogen-bond acceptors (Lipinski definition) is 4. The van der Waals surface area contributed by atoms with E-state index in [1.807, 2.05) is 66.7 Å². The first-order valence-electron chi connectivity index (χ1n) is 15.7. The molecule has 0 radical (unpaired) electrons. The van der Waals surface area contributed by atoms with E-state index in [1.165, 1.54) is 5.39 Å². The molecule has 2 aromatic heterocycles. The second kappa shape index (κ2) is 11.2. The fourth-order valence-electron chi connectivity index (χ4n) is 6.35. The number of aromatic nitrogens is 3. The predicted molar refractivity (Wildman–Crippen MR) is 192 cm³/mol. The summed E-state index contributed by atoms with van der Waals surface area (Å²) in [5.41, 5.74) is 9.03. The van der Waals surface area contributed by atoms with Crippen molar-refractivity contribution < 1.29 is 4.42 Å². The molecule has 0 saturated heterocycles. The minimum absolute atomic E-state index is 0.632. The fourth-order valence-corrected chi connectivity index (χ4v) is 6.35. The van der Waals surface area contributed by atoms with Gasteiger partial charge in [-0.25, -0.2) is 15.0 Å². The molecular weight excluding hydrogens is 574 g/mol. The van der Waals surface area contributed by atoms with Crippen LogP contribution in [0.1, 0.15) is 0 Å². The van der Waals surface area contributed by atoms with Gasteiger partial charge in [-0.2, -0.15) is 0 Å². The number of hydrogen-bond donors (Lipinski definition) is 0. The highest BCUT2D eigenvalue weighted by Gasteiger charge is 2.17. The van der Waals surface area contributed by atoms with Crippen LogP contribution in [0.3, 0.4) is 0 Å². The Balaban J connectivity index is 1.21. The summed E-state index contributed by atoms with van der Waals surface area (Å²) >= 11 is 0. The molecule has 0 N–H and O–H groups in total. The van der Waals surface area contributed by atoms with Crippen LogP contribution in [0.5, 0.6) is 0 Å². The van der Waals surface area contributed by atoms with Gasteiger partial charge in [0, 0.05) is 27.5 Å². The van der Waals surface area contributed by atoms with Crippen molar-refractivity contribution >= 4 is 32.7 Å². The van der Waals surface area contributed by atoms with Crippen molar-refractivity contribution in [1.82, 2.24) is 15.0 Å². The molecule has 4 nitrogen and oxygen atoms in total. The maximum absolute atomic E-state index is 6.56. The molecule has 0 amide bonds. The second-order valence-electron chi connectivity index (χ2n) is 11.7. The number of fused-ring (bicyclic) bond motifs is 4. The SMILES string of the molecule is c1ccc(-c2cc(-c3ccc(-c4nc(-c5ccccc5)nc(-c5ccccc5)n4)cc3)c3c(c2)oc2cc4ccccc4cc23)cc1. The Hall–Kier alpha value is -6.39. The molecule has 0 spiro atoms. The highest BCUT2D eigenvalue weighted by atomic mass is 16.3. The van der Waals surface area contributed by atoms with Crippen LogP contribution in [-0.2, 0) is 0 Å². The zero-order chi connectivity index (χ0) is 31.2. The topological polar surface area (TPSA) is 51.8 Å². The highest BCUT2D eigenvalue weighted by molar-refractivity contribution is 6.16. The first-order chi connectivity index (χ1) is 23.3. The van der Waals surface area contributed by atoms with Gasteiger partial charge in [-0.3, -0.25) is 0 Å².